The van der Waals surface area contributed by atoms with Crippen LogP contribution in [0.15, 0.2) is 24.3 Å². The van der Waals surface area contributed by atoms with Crippen molar-refractivity contribution < 1.29 is 14.8 Å². The van der Waals surface area contributed by atoms with Gasteiger partial charge in [0.15, 0.2) is 0 Å². The van der Waals surface area contributed by atoms with Gasteiger partial charge in [0.25, 0.3) is 5.69 Å². The Morgan fingerprint density at radius 2 is 2.21 bits per heavy atom. The molecule has 0 bridgehead atoms. The van der Waals surface area contributed by atoms with E-state index in [2.05, 4.69) is 10.6 Å². The zero-order valence-electron chi connectivity index (χ0n) is 10.2. The fourth-order valence-corrected chi connectivity index (χ4v) is 1.98. The third-order valence-corrected chi connectivity index (χ3v) is 3.08. The van der Waals surface area contributed by atoms with Gasteiger partial charge >= 0.3 is 6.03 Å². The number of nitro groups is 1. The molecule has 7 heteroatoms. The Morgan fingerprint density at radius 3 is 2.84 bits per heavy atom. The van der Waals surface area contributed by atoms with Gasteiger partial charge in [-0.25, -0.2) is 4.79 Å². The van der Waals surface area contributed by atoms with Crippen LogP contribution in [0.5, 0.6) is 0 Å². The number of benzene rings is 1. The number of aliphatic hydroxyl groups is 1. The molecule has 102 valence electrons. The number of rotatable bonds is 4. The first-order chi connectivity index (χ1) is 9.04. The van der Waals surface area contributed by atoms with Crippen LogP contribution in [0.2, 0.25) is 0 Å². The van der Waals surface area contributed by atoms with Gasteiger partial charge in [-0.15, -0.1) is 0 Å². The summed E-state index contributed by atoms with van der Waals surface area (Å²) in [5.41, 5.74) is 0.306. The van der Waals surface area contributed by atoms with E-state index in [9.17, 15) is 14.9 Å². The monoisotopic (exact) mass is 265 g/mol. The lowest BCUT2D eigenvalue weighted by molar-refractivity contribution is -0.384. The van der Waals surface area contributed by atoms with Gasteiger partial charge in [-0.2, -0.15) is 0 Å². The van der Waals surface area contributed by atoms with Crippen molar-refractivity contribution in [1.82, 2.24) is 5.32 Å². The lowest BCUT2D eigenvalue weighted by Gasteiger charge is -2.31. The van der Waals surface area contributed by atoms with Crippen LogP contribution >= 0.6 is 0 Å². The first-order valence-corrected chi connectivity index (χ1v) is 6.02. The number of nitrogens with one attached hydrogen (secondary N) is 2. The molecule has 2 amide bonds. The van der Waals surface area contributed by atoms with Crippen molar-refractivity contribution in [1.29, 1.82) is 0 Å². The van der Waals surface area contributed by atoms with Crippen molar-refractivity contribution in [3.8, 4) is 0 Å². The molecule has 0 unspecified atom stereocenters. The predicted octanol–water partition coefficient (Wildman–Crippen LogP) is 1.49. The molecule has 3 N–H and O–H groups in total. The summed E-state index contributed by atoms with van der Waals surface area (Å²) in [4.78, 5) is 21.6. The maximum absolute atomic E-state index is 11.6. The first-order valence-electron chi connectivity index (χ1n) is 6.02. The van der Waals surface area contributed by atoms with E-state index in [1.165, 1.54) is 18.2 Å². The number of hydrogen-bond donors (Lipinski definition) is 3. The summed E-state index contributed by atoms with van der Waals surface area (Å²) in [6, 6.07) is 5.35. The van der Waals surface area contributed by atoms with Crippen LogP contribution in [-0.4, -0.2) is 28.7 Å². The highest BCUT2D eigenvalue weighted by atomic mass is 16.6. The molecule has 0 atom stereocenters. The molecule has 0 saturated heterocycles. The number of non-ortho nitro benzene ring substituents is 1. The molecule has 1 saturated carbocycles. The molecule has 0 radical (unpaired) electrons. The van der Waals surface area contributed by atoms with Gasteiger partial charge < -0.3 is 15.7 Å². The SMILES string of the molecule is O=C(NCC1CC(O)C1)Nc1cccc([N+](=O)[O-])c1. The van der Waals surface area contributed by atoms with Crippen LogP contribution in [0.1, 0.15) is 12.8 Å². The fraction of sp³-hybridized carbons (Fsp3) is 0.417. The highest BCUT2D eigenvalue weighted by Crippen LogP contribution is 2.26. The second-order valence-corrected chi connectivity index (χ2v) is 4.63. The van der Waals surface area contributed by atoms with E-state index in [0.29, 0.717) is 31.0 Å². The molecule has 1 aliphatic carbocycles. The van der Waals surface area contributed by atoms with Gasteiger partial charge in [-0.05, 0) is 24.8 Å². The molecule has 1 aliphatic rings. The standard InChI is InChI=1S/C12H15N3O4/c16-11-4-8(5-11)7-13-12(17)14-9-2-1-3-10(6-9)15(18)19/h1-3,6,8,11,16H,4-5,7H2,(H2,13,14,17). The fourth-order valence-electron chi connectivity index (χ4n) is 1.98. The number of aliphatic hydroxyl groups excluding tert-OH is 1. The molecule has 19 heavy (non-hydrogen) atoms. The number of urea groups is 1. The van der Waals surface area contributed by atoms with E-state index < -0.39 is 11.0 Å². The molecule has 0 spiro atoms. The Kier molecular flexibility index (Phi) is 3.96. The number of carbonyl (C=O) groups is 1. The number of nitro benzene ring substituents is 1. The number of carbonyl (C=O) groups excluding carboxylic acids is 1. The first kappa shape index (κ1) is 13.3. The van der Waals surface area contributed by atoms with Crippen LogP contribution < -0.4 is 10.6 Å². The minimum Gasteiger partial charge on any atom is -0.393 e. The van der Waals surface area contributed by atoms with Crippen molar-refractivity contribution in [3.05, 3.63) is 34.4 Å². The van der Waals surface area contributed by atoms with Crippen LogP contribution in [0, 0.1) is 16.0 Å². The second-order valence-electron chi connectivity index (χ2n) is 4.63. The van der Waals surface area contributed by atoms with Crippen molar-refractivity contribution >= 4 is 17.4 Å². The molecule has 2 rings (SSSR count). The van der Waals surface area contributed by atoms with E-state index in [0.717, 1.165) is 0 Å². The molecule has 0 aromatic heterocycles. The zero-order valence-corrected chi connectivity index (χ0v) is 10.2. The number of hydrogen-bond acceptors (Lipinski definition) is 4. The van der Waals surface area contributed by atoms with Crippen molar-refractivity contribution in [3.63, 3.8) is 0 Å². The van der Waals surface area contributed by atoms with E-state index in [4.69, 9.17) is 5.11 Å². The Labute approximate surface area is 109 Å². The molecule has 0 heterocycles. The van der Waals surface area contributed by atoms with Crippen LogP contribution in [0.25, 0.3) is 0 Å². The third-order valence-electron chi connectivity index (χ3n) is 3.08. The molecular weight excluding hydrogens is 250 g/mol. The Hall–Kier alpha value is -2.15. The predicted molar refractivity (Wildman–Crippen MR) is 68.8 cm³/mol. The minimum absolute atomic E-state index is 0.0695. The van der Waals surface area contributed by atoms with E-state index in [-0.39, 0.29) is 11.8 Å². The number of anilines is 1. The lowest BCUT2D eigenvalue weighted by atomic mass is 9.82. The van der Waals surface area contributed by atoms with Gasteiger partial charge in [0.2, 0.25) is 0 Å². The maximum atomic E-state index is 11.6. The van der Waals surface area contributed by atoms with Gasteiger partial charge in [0, 0.05) is 24.4 Å². The second kappa shape index (κ2) is 5.66. The summed E-state index contributed by atoms with van der Waals surface area (Å²) in [6.07, 6.45) is 1.17. The van der Waals surface area contributed by atoms with E-state index in [1.807, 2.05) is 0 Å². The molecule has 1 aromatic carbocycles. The smallest absolute Gasteiger partial charge is 0.319 e. The average Bonchev–Trinajstić information content (AvgIpc) is 2.33. The molecule has 7 nitrogen and oxygen atoms in total. The normalized spacial score (nSPS) is 21.3. The molecule has 0 aliphatic heterocycles. The zero-order chi connectivity index (χ0) is 13.8. The Balaban J connectivity index is 1.81. The molecule has 1 fully saturated rings. The van der Waals surface area contributed by atoms with Crippen LogP contribution in [0.4, 0.5) is 16.2 Å². The van der Waals surface area contributed by atoms with E-state index in [1.54, 1.807) is 6.07 Å². The summed E-state index contributed by atoms with van der Waals surface area (Å²) < 4.78 is 0. The topological polar surface area (TPSA) is 104 Å². The van der Waals surface area contributed by atoms with Crippen LogP contribution in [-0.2, 0) is 0 Å². The highest BCUT2D eigenvalue weighted by Gasteiger charge is 2.27. The van der Waals surface area contributed by atoms with Crippen molar-refractivity contribution in [2.24, 2.45) is 5.92 Å². The summed E-state index contributed by atoms with van der Waals surface area (Å²) in [7, 11) is 0. The van der Waals surface area contributed by atoms with Crippen LogP contribution in [0.3, 0.4) is 0 Å². The molecular formula is C12H15N3O4. The van der Waals surface area contributed by atoms with Crippen molar-refractivity contribution in [2.45, 2.75) is 18.9 Å². The Morgan fingerprint density at radius 1 is 1.47 bits per heavy atom. The maximum Gasteiger partial charge on any atom is 0.319 e. The lowest BCUT2D eigenvalue weighted by Crippen LogP contribution is -2.40. The van der Waals surface area contributed by atoms with Gasteiger partial charge in [0.1, 0.15) is 0 Å². The van der Waals surface area contributed by atoms with Gasteiger partial charge in [0.05, 0.1) is 11.0 Å². The van der Waals surface area contributed by atoms with Gasteiger partial charge in [-0.3, -0.25) is 10.1 Å². The summed E-state index contributed by atoms with van der Waals surface area (Å²) in [6.45, 7) is 0.498. The summed E-state index contributed by atoms with van der Waals surface area (Å²) >= 11 is 0. The van der Waals surface area contributed by atoms with Crippen molar-refractivity contribution in [2.75, 3.05) is 11.9 Å². The highest BCUT2D eigenvalue weighted by molar-refractivity contribution is 5.89. The summed E-state index contributed by atoms with van der Waals surface area (Å²) in [5.74, 6) is 0.311. The third kappa shape index (κ3) is 3.65. The Bertz CT molecular complexity index is 486. The minimum atomic E-state index is -0.515. The molecule has 1 aromatic rings. The quantitative estimate of drug-likeness (QED) is 0.566. The number of amides is 2. The number of nitrogens with zero attached hydrogens (tertiary/aromatic N) is 1. The average molecular weight is 265 g/mol. The summed E-state index contributed by atoms with van der Waals surface area (Å²) in [5, 5.41) is 24.9. The van der Waals surface area contributed by atoms with Gasteiger partial charge in [-0.1, -0.05) is 6.07 Å². The van der Waals surface area contributed by atoms with E-state index >= 15 is 0 Å². The largest absolute Gasteiger partial charge is 0.393 e.